The summed E-state index contributed by atoms with van der Waals surface area (Å²) in [5.74, 6) is -0.141. The van der Waals surface area contributed by atoms with Gasteiger partial charge < -0.3 is 5.73 Å². The van der Waals surface area contributed by atoms with Crippen LogP contribution in [-0.4, -0.2) is 29.9 Å². The molecule has 0 aliphatic carbocycles. The highest BCUT2D eigenvalue weighted by Gasteiger charge is 2.27. The van der Waals surface area contributed by atoms with Gasteiger partial charge in [-0.05, 0) is 32.4 Å². The fraction of sp³-hybridized carbons (Fsp3) is 0.909. The average Bonchev–Trinajstić information content (AvgIpc) is 2.60. The second-order valence-electron chi connectivity index (χ2n) is 4.16. The number of hydrogen-bond donors (Lipinski definition) is 1. The number of unbranched alkanes of at least 4 members (excludes halogenated alkanes) is 3. The van der Waals surface area contributed by atoms with Gasteiger partial charge in [0.1, 0.15) is 0 Å². The molecular formula is C11H22N2O. The lowest BCUT2D eigenvalue weighted by Gasteiger charge is -2.21. The molecule has 14 heavy (non-hydrogen) atoms. The smallest absolute Gasteiger partial charge is 0.234 e. The summed E-state index contributed by atoms with van der Waals surface area (Å²) in [6.07, 6.45) is 7.13. The van der Waals surface area contributed by atoms with Crippen LogP contribution in [0, 0.1) is 0 Å². The lowest BCUT2D eigenvalue weighted by molar-refractivity contribution is -0.122. The van der Waals surface area contributed by atoms with Crippen molar-refractivity contribution in [2.45, 2.75) is 51.5 Å². The van der Waals surface area contributed by atoms with Crippen LogP contribution in [0.3, 0.4) is 0 Å². The van der Waals surface area contributed by atoms with Gasteiger partial charge in [-0.15, -0.1) is 0 Å². The predicted molar refractivity (Wildman–Crippen MR) is 57.9 cm³/mol. The standard InChI is InChI=1S/C11H22N2O/c1-2-3-4-5-8-13-9-6-7-10(13)11(12)14/h10H,2-9H2,1H3,(H2,12,14)/t10-/m0/s1. The van der Waals surface area contributed by atoms with Crippen molar-refractivity contribution in [3.63, 3.8) is 0 Å². The quantitative estimate of drug-likeness (QED) is 0.658. The Morgan fingerprint density at radius 1 is 1.43 bits per heavy atom. The van der Waals surface area contributed by atoms with Gasteiger partial charge in [-0.25, -0.2) is 0 Å². The van der Waals surface area contributed by atoms with Crippen molar-refractivity contribution in [1.82, 2.24) is 4.90 Å². The molecule has 1 fully saturated rings. The number of hydrogen-bond acceptors (Lipinski definition) is 2. The predicted octanol–water partition coefficient (Wildman–Crippen LogP) is 1.52. The molecule has 1 aliphatic rings. The van der Waals surface area contributed by atoms with E-state index in [2.05, 4.69) is 11.8 Å². The molecule has 0 spiro atoms. The SMILES string of the molecule is CCCCCCN1CCC[C@H]1C(N)=O. The minimum atomic E-state index is -0.141. The third kappa shape index (κ3) is 3.29. The number of carbonyl (C=O) groups excluding carboxylic acids is 1. The van der Waals surface area contributed by atoms with Crippen LogP contribution in [0.1, 0.15) is 45.4 Å². The molecule has 1 aliphatic heterocycles. The first kappa shape index (κ1) is 11.5. The Hall–Kier alpha value is -0.570. The van der Waals surface area contributed by atoms with E-state index >= 15 is 0 Å². The zero-order valence-electron chi connectivity index (χ0n) is 9.17. The minimum Gasteiger partial charge on any atom is -0.368 e. The Bertz CT molecular complexity index is 182. The van der Waals surface area contributed by atoms with E-state index in [9.17, 15) is 4.79 Å². The van der Waals surface area contributed by atoms with Gasteiger partial charge in [0.15, 0.2) is 0 Å². The van der Waals surface area contributed by atoms with Crippen molar-refractivity contribution in [1.29, 1.82) is 0 Å². The maximum Gasteiger partial charge on any atom is 0.234 e. The highest BCUT2D eigenvalue weighted by atomic mass is 16.1. The lowest BCUT2D eigenvalue weighted by Crippen LogP contribution is -2.40. The van der Waals surface area contributed by atoms with Crippen molar-refractivity contribution in [2.75, 3.05) is 13.1 Å². The molecule has 1 rings (SSSR count). The molecule has 0 saturated carbocycles. The molecule has 82 valence electrons. The van der Waals surface area contributed by atoms with Crippen molar-refractivity contribution in [2.24, 2.45) is 5.73 Å². The zero-order valence-corrected chi connectivity index (χ0v) is 9.17. The normalized spacial score (nSPS) is 22.8. The largest absolute Gasteiger partial charge is 0.368 e. The zero-order chi connectivity index (χ0) is 10.4. The van der Waals surface area contributed by atoms with Crippen molar-refractivity contribution in [3.05, 3.63) is 0 Å². The lowest BCUT2D eigenvalue weighted by atomic mass is 10.2. The fourth-order valence-corrected chi connectivity index (χ4v) is 2.16. The van der Waals surface area contributed by atoms with Crippen LogP contribution in [-0.2, 0) is 4.79 Å². The molecule has 0 aromatic heterocycles. The van der Waals surface area contributed by atoms with Gasteiger partial charge in [-0.1, -0.05) is 26.2 Å². The van der Waals surface area contributed by atoms with E-state index in [1.165, 1.54) is 25.7 Å². The molecule has 1 atom stereocenters. The van der Waals surface area contributed by atoms with Gasteiger partial charge in [-0.2, -0.15) is 0 Å². The van der Waals surface area contributed by atoms with E-state index < -0.39 is 0 Å². The van der Waals surface area contributed by atoms with Gasteiger partial charge >= 0.3 is 0 Å². The summed E-state index contributed by atoms with van der Waals surface area (Å²) < 4.78 is 0. The molecule has 3 nitrogen and oxygen atoms in total. The number of rotatable bonds is 6. The Labute approximate surface area is 86.6 Å². The van der Waals surface area contributed by atoms with Gasteiger partial charge in [0.2, 0.25) is 5.91 Å². The Morgan fingerprint density at radius 3 is 2.86 bits per heavy atom. The number of nitrogens with two attached hydrogens (primary N) is 1. The van der Waals surface area contributed by atoms with Crippen molar-refractivity contribution >= 4 is 5.91 Å². The summed E-state index contributed by atoms with van der Waals surface area (Å²) in [6.45, 7) is 4.31. The number of amides is 1. The highest BCUT2D eigenvalue weighted by Crippen LogP contribution is 2.17. The monoisotopic (exact) mass is 198 g/mol. The summed E-state index contributed by atoms with van der Waals surface area (Å²) in [5.41, 5.74) is 5.34. The molecular weight excluding hydrogens is 176 g/mol. The Morgan fingerprint density at radius 2 is 2.21 bits per heavy atom. The van der Waals surface area contributed by atoms with Crippen LogP contribution < -0.4 is 5.73 Å². The Kier molecular flexibility index (Phi) is 4.94. The maximum atomic E-state index is 11.1. The van der Waals surface area contributed by atoms with E-state index in [0.29, 0.717) is 0 Å². The average molecular weight is 198 g/mol. The van der Waals surface area contributed by atoms with Crippen LogP contribution in [0.5, 0.6) is 0 Å². The second kappa shape index (κ2) is 6.02. The van der Waals surface area contributed by atoms with E-state index in [1.807, 2.05) is 0 Å². The molecule has 0 aromatic carbocycles. The van der Waals surface area contributed by atoms with Crippen molar-refractivity contribution in [3.8, 4) is 0 Å². The molecule has 3 heteroatoms. The molecule has 1 heterocycles. The maximum absolute atomic E-state index is 11.1. The van der Waals surface area contributed by atoms with E-state index in [1.54, 1.807) is 0 Å². The van der Waals surface area contributed by atoms with E-state index in [-0.39, 0.29) is 11.9 Å². The third-order valence-corrected chi connectivity index (χ3v) is 2.99. The first-order chi connectivity index (χ1) is 6.75. The molecule has 2 N–H and O–H groups in total. The van der Waals surface area contributed by atoms with Crippen LogP contribution in [0.2, 0.25) is 0 Å². The summed E-state index contributed by atoms with van der Waals surface area (Å²) in [7, 11) is 0. The third-order valence-electron chi connectivity index (χ3n) is 2.99. The first-order valence-electron chi connectivity index (χ1n) is 5.79. The van der Waals surface area contributed by atoms with Crippen LogP contribution in [0.4, 0.5) is 0 Å². The number of nitrogens with zero attached hydrogens (tertiary/aromatic N) is 1. The fourth-order valence-electron chi connectivity index (χ4n) is 2.16. The molecule has 0 aromatic rings. The number of likely N-dealkylation sites (tertiary alicyclic amines) is 1. The Balaban J connectivity index is 2.19. The highest BCUT2D eigenvalue weighted by molar-refractivity contribution is 5.80. The van der Waals surface area contributed by atoms with Gasteiger partial charge in [-0.3, -0.25) is 9.69 Å². The molecule has 1 amide bonds. The summed E-state index contributed by atoms with van der Waals surface area (Å²) >= 11 is 0. The molecule has 0 bridgehead atoms. The van der Waals surface area contributed by atoms with Crippen LogP contribution in [0.15, 0.2) is 0 Å². The minimum absolute atomic E-state index is 0.0247. The van der Waals surface area contributed by atoms with Gasteiger partial charge in [0, 0.05) is 0 Å². The van der Waals surface area contributed by atoms with Crippen LogP contribution >= 0.6 is 0 Å². The summed E-state index contributed by atoms with van der Waals surface area (Å²) in [5, 5.41) is 0. The molecule has 0 unspecified atom stereocenters. The molecule has 0 radical (unpaired) electrons. The van der Waals surface area contributed by atoms with E-state index in [4.69, 9.17) is 5.73 Å². The van der Waals surface area contributed by atoms with Gasteiger partial charge in [0.05, 0.1) is 6.04 Å². The second-order valence-corrected chi connectivity index (χ2v) is 4.16. The summed E-state index contributed by atoms with van der Waals surface area (Å²) in [4.78, 5) is 13.3. The van der Waals surface area contributed by atoms with Crippen molar-refractivity contribution < 1.29 is 4.79 Å². The molecule has 1 saturated heterocycles. The first-order valence-corrected chi connectivity index (χ1v) is 5.79. The topological polar surface area (TPSA) is 46.3 Å². The number of carbonyl (C=O) groups is 1. The summed E-state index contributed by atoms with van der Waals surface area (Å²) in [6, 6.07) is 0.0247. The van der Waals surface area contributed by atoms with Crippen LogP contribution in [0.25, 0.3) is 0 Å². The van der Waals surface area contributed by atoms with E-state index in [0.717, 1.165) is 25.9 Å². The van der Waals surface area contributed by atoms with Gasteiger partial charge in [0.25, 0.3) is 0 Å². The number of primary amides is 1.